The molecule has 0 aliphatic carbocycles. The number of halogens is 1. The van der Waals surface area contributed by atoms with Crippen LogP contribution in [0.4, 0.5) is 11.4 Å². The maximum absolute atomic E-state index is 12.7. The summed E-state index contributed by atoms with van der Waals surface area (Å²) in [5.41, 5.74) is 0.591. The fourth-order valence-electron chi connectivity index (χ4n) is 2.07. The number of anilines is 2. The molecule has 0 unspecified atom stereocenters. The third-order valence-electron chi connectivity index (χ3n) is 3.17. The van der Waals surface area contributed by atoms with Crippen molar-refractivity contribution in [1.29, 1.82) is 0 Å². The Kier molecular flexibility index (Phi) is 6.04. The number of hydrogen-bond acceptors (Lipinski definition) is 6. The molecule has 2 aromatic rings. The molecule has 0 saturated heterocycles. The van der Waals surface area contributed by atoms with E-state index >= 15 is 0 Å². The molecule has 2 aromatic carbocycles. The minimum Gasteiger partial charge on any atom is -0.493 e. The molecule has 0 atom stereocenters. The second-order valence-corrected chi connectivity index (χ2v) is 9.45. The Morgan fingerprint density at radius 1 is 0.846 bits per heavy atom. The summed E-state index contributed by atoms with van der Waals surface area (Å²) in [6.07, 6.45) is 1.03. The van der Waals surface area contributed by atoms with Crippen molar-refractivity contribution in [2.45, 2.75) is 4.90 Å². The van der Waals surface area contributed by atoms with Gasteiger partial charge in [0, 0.05) is 21.9 Å². The normalized spacial score (nSPS) is 11.7. The first kappa shape index (κ1) is 20.3. The van der Waals surface area contributed by atoms with Gasteiger partial charge >= 0.3 is 0 Å². The van der Waals surface area contributed by atoms with E-state index in [1.807, 2.05) is 0 Å². The van der Waals surface area contributed by atoms with E-state index in [4.69, 9.17) is 9.47 Å². The SMILES string of the molecule is COc1cc(Br)c(S(=O)(=O)Nc2ccc(NS(C)(=O)=O)cc2)cc1OC. The summed E-state index contributed by atoms with van der Waals surface area (Å²) >= 11 is 3.21. The zero-order valence-electron chi connectivity index (χ0n) is 14.1. The number of rotatable bonds is 7. The molecule has 0 aliphatic rings. The van der Waals surface area contributed by atoms with Gasteiger partial charge in [-0.2, -0.15) is 0 Å². The molecule has 8 nitrogen and oxygen atoms in total. The molecule has 0 fully saturated rings. The highest BCUT2D eigenvalue weighted by molar-refractivity contribution is 9.10. The molecule has 0 amide bonds. The third kappa shape index (κ3) is 5.02. The first-order valence-corrected chi connectivity index (χ1v) is 11.2. The Bertz CT molecular complexity index is 1010. The van der Waals surface area contributed by atoms with E-state index in [0.29, 0.717) is 15.9 Å². The van der Waals surface area contributed by atoms with Gasteiger partial charge in [-0.25, -0.2) is 16.8 Å². The maximum atomic E-state index is 12.7. The van der Waals surface area contributed by atoms with Crippen LogP contribution in [0.2, 0.25) is 0 Å². The molecule has 0 saturated carbocycles. The lowest BCUT2D eigenvalue weighted by Gasteiger charge is -2.14. The minimum absolute atomic E-state index is 0.0338. The highest BCUT2D eigenvalue weighted by atomic mass is 79.9. The fourth-order valence-corrected chi connectivity index (χ4v) is 4.73. The summed E-state index contributed by atoms with van der Waals surface area (Å²) in [6, 6.07) is 8.61. The van der Waals surface area contributed by atoms with Crippen molar-refractivity contribution in [3.05, 3.63) is 40.9 Å². The standard InChI is InChI=1S/C15H17BrN2O6S2/c1-23-13-8-12(16)15(9-14(13)24-2)26(21,22)18-11-6-4-10(5-7-11)17-25(3,19)20/h4-9,17-18H,1-3H3. The van der Waals surface area contributed by atoms with Crippen LogP contribution < -0.4 is 18.9 Å². The van der Waals surface area contributed by atoms with Crippen molar-refractivity contribution in [2.24, 2.45) is 0 Å². The summed E-state index contributed by atoms with van der Waals surface area (Å²) < 4.78 is 63.0. The second kappa shape index (κ2) is 7.72. The van der Waals surface area contributed by atoms with Gasteiger partial charge in [-0.3, -0.25) is 9.44 Å². The number of hydrogen-bond donors (Lipinski definition) is 2. The zero-order valence-corrected chi connectivity index (χ0v) is 17.3. The maximum Gasteiger partial charge on any atom is 0.263 e. The molecule has 142 valence electrons. The molecule has 0 heterocycles. The van der Waals surface area contributed by atoms with Gasteiger partial charge in [0.2, 0.25) is 10.0 Å². The van der Waals surface area contributed by atoms with Crippen LogP contribution in [0.5, 0.6) is 11.5 Å². The predicted molar refractivity (Wildman–Crippen MR) is 103 cm³/mol. The molecule has 2 rings (SSSR count). The summed E-state index contributed by atoms with van der Waals surface area (Å²) in [5.74, 6) is 0.651. The van der Waals surface area contributed by atoms with Crippen LogP contribution in [-0.4, -0.2) is 37.3 Å². The van der Waals surface area contributed by atoms with Gasteiger partial charge in [-0.05, 0) is 46.3 Å². The third-order valence-corrected chi connectivity index (χ3v) is 6.11. The summed E-state index contributed by atoms with van der Waals surface area (Å²) in [5, 5.41) is 0. The lowest BCUT2D eigenvalue weighted by atomic mass is 10.3. The van der Waals surface area contributed by atoms with Gasteiger partial charge in [0.25, 0.3) is 10.0 Å². The molecule has 0 aliphatic heterocycles. The Morgan fingerprint density at radius 2 is 1.31 bits per heavy atom. The second-order valence-electron chi connectivity index (χ2n) is 5.19. The Balaban J connectivity index is 2.31. The number of sulfonamides is 2. The van der Waals surface area contributed by atoms with E-state index in [1.165, 1.54) is 50.6 Å². The molecule has 2 N–H and O–H groups in total. The first-order chi connectivity index (χ1) is 12.1. The van der Waals surface area contributed by atoms with E-state index in [1.54, 1.807) is 0 Å². The monoisotopic (exact) mass is 464 g/mol. The molecule has 26 heavy (non-hydrogen) atoms. The van der Waals surface area contributed by atoms with E-state index in [-0.39, 0.29) is 16.3 Å². The molecule has 11 heteroatoms. The van der Waals surface area contributed by atoms with Crippen LogP contribution in [-0.2, 0) is 20.0 Å². The molecular formula is C15H17BrN2O6S2. The number of nitrogens with one attached hydrogen (secondary N) is 2. The van der Waals surface area contributed by atoms with Crippen LogP contribution in [0, 0.1) is 0 Å². The van der Waals surface area contributed by atoms with Crippen molar-refractivity contribution < 1.29 is 26.3 Å². The van der Waals surface area contributed by atoms with E-state index in [2.05, 4.69) is 25.4 Å². The molecule has 0 bridgehead atoms. The predicted octanol–water partition coefficient (Wildman–Crippen LogP) is 2.64. The quantitative estimate of drug-likeness (QED) is 0.651. The molecule has 0 spiro atoms. The number of ether oxygens (including phenoxy) is 2. The van der Waals surface area contributed by atoms with E-state index in [0.717, 1.165) is 6.26 Å². The Hall–Kier alpha value is -1.98. The Labute approximate surface area is 160 Å². The molecule has 0 aromatic heterocycles. The highest BCUT2D eigenvalue weighted by Gasteiger charge is 2.21. The summed E-state index contributed by atoms with van der Waals surface area (Å²) in [6.45, 7) is 0. The Morgan fingerprint density at radius 3 is 1.77 bits per heavy atom. The largest absolute Gasteiger partial charge is 0.493 e. The van der Waals surface area contributed by atoms with Crippen molar-refractivity contribution in [3.8, 4) is 11.5 Å². The lowest BCUT2D eigenvalue weighted by molar-refractivity contribution is 0.353. The fraction of sp³-hybridized carbons (Fsp3) is 0.200. The smallest absolute Gasteiger partial charge is 0.263 e. The zero-order chi connectivity index (χ0) is 19.5. The highest BCUT2D eigenvalue weighted by Crippen LogP contribution is 2.36. The van der Waals surface area contributed by atoms with Crippen LogP contribution in [0.1, 0.15) is 0 Å². The van der Waals surface area contributed by atoms with Crippen LogP contribution in [0.15, 0.2) is 45.8 Å². The van der Waals surface area contributed by atoms with Crippen molar-refractivity contribution >= 4 is 47.4 Å². The van der Waals surface area contributed by atoms with Gasteiger partial charge in [-0.15, -0.1) is 0 Å². The average molecular weight is 465 g/mol. The van der Waals surface area contributed by atoms with Gasteiger partial charge in [0.1, 0.15) is 4.90 Å². The van der Waals surface area contributed by atoms with Crippen molar-refractivity contribution in [1.82, 2.24) is 0 Å². The molecule has 0 radical (unpaired) electrons. The van der Waals surface area contributed by atoms with Crippen molar-refractivity contribution in [2.75, 3.05) is 29.9 Å². The lowest BCUT2D eigenvalue weighted by Crippen LogP contribution is -2.14. The van der Waals surface area contributed by atoms with Crippen LogP contribution in [0.3, 0.4) is 0 Å². The average Bonchev–Trinajstić information content (AvgIpc) is 2.54. The topological polar surface area (TPSA) is 111 Å². The van der Waals surface area contributed by atoms with E-state index in [9.17, 15) is 16.8 Å². The van der Waals surface area contributed by atoms with Crippen LogP contribution in [0.25, 0.3) is 0 Å². The number of benzene rings is 2. The minimum atomic E-state index is -3.92. The number of methoxy groups -OCH3 is 2. The van der Waals surface area contributed by atoms with Gasteiger partial charge < -0.3 is 9.47 Å². The van der Waals surface area contributed by atoms with Gasteiger partial charge in [0.05, 0.1) is 20.5 Å². The van der Waals surface area contributed by atoms with E-state index < -0.39 is 20.0 Å². The first-order valence-electron chi connectivity index (χ1n) is 7.08. The van der Waals surface area contributed by atoms with Gasteiger partial charge in [-0.1, -0.05) is 0 Å². The van der Waals surface area contributed by atoms with Crippen molar-refractivity contribution in [3.63, 3.8) is 0 Å². The van der Waals surface area contributed by atoms with Gasteiger partial charge in [0.15, 0.2) is 11.5 Å². The molecular weight excluding hydrogens is 448 g/mol. The summed E-state index contributed by atoms with van der Waals surface area (Å²) in [4.78, 5) is -0.0338. The van der Waals surface area contributed by atoms with Crippen LogP contribution >= 0.6 is 15.9 Å². The summed E-state index contributed by atoms with van der Waals surface area (Å²) in [7, 11) is -4.48.